The van der Waals surface area contributed by atoms with Gasteiger partial charge in [0.05, 0.1) is 10.9 Å². The van der Waals surface area contributed by atoms with Crippen LogP contribution in [0.15, 0.2) is 24.3 Å². The summed E-state index contributed by atoms with van der Waals surface area (Å²) < 4.78 is 0. The molecule has 0 N–H and O–H groups in total. The van der Waals surface area contributed by atoms with Crippen LogP contribution in [0.25, 0.3) is 23.1 Å². The fourth-order valence-corrected chi connectivity index (χ4v) is 2.28. The van der Waals surface area contributed by atoms with Gasteiger partial charge in [0, 0.05) is 5.39 Å². The third-order valence-corrected chi connectivity index (χ3v) is 3.08. The summed E-state index contributed by atoms with van der Waals surface area (Å²) in [5.74, 6) is 0. The van der Waals surface area contributed by atoms with E-state index in [1.165, 1.54) is 16.2 Å². The number of hydrogen-bond donors (Lipinski definition) is 0. The molecule has 0 fully saturated rings. The molecule has 0 saturated heterocycles. The molecule has 0 bridgehead atoms. The van der Waals surface area contributed by atoms with Gasteiger partial charge < -0.3 is 0 Å². The molecule has 1 aromatic heterocycles. The van der Waals surface area contributed by atoms with Gasteiger partial charge in [-0.25, -0.2) is 4.98 Å². The van der Waals surface area contributed by atoms with Crippen LogP contribution in [0.2, 0.25) is 0 Å². The van der Waals surface area contributed by atoms with Crippen LogP contribution in [0.5, 0.6) is 0 Å². The van der Waals surface area contributed by atoms with Crippen LogP contribution in [0.1, 0.15) is 18.4 Å². The zero-order valence-electron chi connectivity index (χ0n) is 8.83. The van der Waals surface area contributed by atoms with Crippen LogP contribution < -0.4 is 10.6 Å². The predicted molar refractivity (Wildman–Crippen MR) is 63.9 cm³/mol. The Hall–Kier alpha value is -1.63. The van der Waals surface area contributed by atoms with E-state index in [1.807, 2.05) is 6.07 Å². The van der Waals surface area contributed by atoms with Gasteiger partial charge in [0.15, 0.2) is 0 Å². The lowest BCUT2D eigenvalue weighted by molar-refractivity contribution is 1.08. The highest BCUT2D eigenvalue weighted by molar-refractivity contribution is 5.82. The second-order valence-electron chi connectivity index (χ2n) is 4.04. The summed E-state index contributed by atoms with van der Waals surface area (Å²) in [6.07, 6.45) is 6.82. The molecule has 3 rings (SSSR count). The van der Waals surface area contributed by atoms with E-state index in [-0.39, 0.29) is 0 Å². The topological polar surface area (TPSA) is 12.9 Å². The molecule has 0 unspecified atom stereocenters. The summed E-state index contributed by atoms with van der Waals surface area (Å²) in [5, 5.41) is 3.78. The minimum Gasteiger partial charge on any atom is -0.248 e. The van der Waals surface area contributed by atoms with Gasteiger partial charge in [-0.15, -0.1) is 0 Å². The molecule has 1 aliphatic rings. The van der Waals surface area contributed by atoms with Gasteiger partial charge in [-0.3, -0.25) is 0 Å². The summed E-state index contributed by atoms with van der Waals surface area (Å²) in [6, 6.07) is 8.37. The maximum Gasteiger partial charge on any atom is 0.0712 e. The van der Waals surface area contributed by atoms with E-state index in [1.54, 1.807) is 0 Å². The van der Waals surface area contributed by atoms with Gasteiger partial charge in [0.25, 0.3) is 0 Å². The highest BCUT2D eigenvalue weighted by Gasteiger charge is 2.03. The Morgan fingerprint density at radius 3 is 2.80 bits per heavy atom. The number of nitrogens with zero attached hydrogens (tertiary/aromatic N) is 1. The molecule has 15 heavy (non-hydrogen) atoms. The van der Waals surface area contributed by atoms with Crippen molar-refractivity contribution < 1.29 is 0 Å². The highest BCUT2D eigenvalue weighted by Crippen LogP contribution is 2.11. The van der Waals surface area contributed by atoms with Gasteiger partial charge in [-0.2, -0.15) is 0 Å². The van der Waals surface area contributed by atoms with E-state index in [0.29, 0.717) is 0 Å². The molecule has 2 aromatic rings. The first kappa shape index (κ1) is 8.66. The van der Waals surface area contributed by atoms with E-state index < -0.39 is 0 Å². The Kier molecular flexibility index (Phi) is 1.84. The molecule has 1 aromatic carbocycles. The number of hydrogen-bond acceptors (Lipinski definition) is 1. The second-order valence-corrected chi connectivity index (χ2v) is 4.04. The molecule has 74 valence electrons. The largest absolute Gasteiger partial charge is 0.248 e. The summed E-state index contributed by atoms with van der Waals surface area (Å²) >= 11 is 0. The number of pyridine rings is 1. The molecule has 0 aliphatic heterocycles. The quantitative estimate of drug-likeness (QED) is 0.625. The molecule has 1 aliphatic carbocycles. The van der Waals surface area contributed by atoms with Gasteiger partial charge in [-0.1, -0.05) is 30.4 Å². The minimum atomic E-state index is 1.11. The summed E-state index contributed by atoms with van der Waals surface area (Å²) in [5.41, 5.74) is 2.48. The van der Waals surface area contributed by atoms with Gasteiger partial charge >= 0.3 is 0 Å². The van der Waals surface area contributed by atoms with Crippen molar-refractivity contribution in [2.24, 2.45) is 0 Å². The van der Waals surface area contributed by atoms with Crippen LogP contribution in [0.4, 0.5) is 0 Å². The predicted octanol–water partition coefficient (Wildman–Crippen LogP) is 1.90. The first-order valence-corrected chi connectivity index (χ1v) is 5.42. The van der Waals surface area contributed by atoms with Crippen molar-refractivity contribution in [3.8, 4) is 0 Å². The highest BCUT2D eigenvalue weighted by atomic mass is 14.7. The van der Waals surface area contributed by atoms with E-state index in [0.717, 1.165) is 23.7 Å². The molecule has 1 nitrogen and oxygen atoms in total. The molecule has 0 spiro atoms. The molecule has 0 radical (unpaired) electrons. The lowest BCUT2D eigenvalue weighted by Crippen LogP contribution is -2.32. The SMILES string of the molecule is Cc1c2c(nc3ccccc13)=CCCC=2. The monoisotopic (exact) mass is 195 g/mol. The summed E-state index contributed by atoms with van der Waals surface area (Å²) in [7, 11) is 0. The smallest absolute Gasteiger partial charge is 0.0712 e. The van der Waals surface area contributed by atoms with Crippen molar-refractivity contribution in [2.45, 2.75) is 19.8 Å². The van der Waals surface area contributed by atoms with Crippen molar-refractivity contribution >= 4 is 23.1 Å². The summed E-state index contributed by atoms with van der Waals surface area (Å²) in [6.45, 7) is 2.19. The van der Waals surface area contributed by atoms with Crippen LogP contribution in [-0.4, -0.2) is 4.98 Å². The van der Waals surface area contributed by atoms with Gasteiger partial charge in [0.2, 0.25) is 0 Å². The van der Waals surface area contributed by atoms with E-state index >= 15 is 0 Å². The third-order valence-electron chi connectivity index (χ3n) is 3.08. The van der Waals surface area contributed by atoms with E-state index in [9.17, 15) is 0 Å². The lowest BCUT2D eigenvalue weighted by Gasteiger charge is -2.06. The molecule has 1 heterocycles. The molecule has 1 heteroatoms. The molecular weight excluding hydrogens is 182 g/mol. The first-order chi connectivity index (χ1) is 7.36. The fraction of sp³-hybridized carbons (Fsp3) is 0.214. The first-order valence-electron chi connectivity index (χ1n) is 5.42. The number of aromatic nitrogens is 1. The maximum absolute atomic E-state index is 4.69. The maximum atomic E-state index is 4.69. The number of para-hydroxylation sites is 1. The Morgan fingerprint density at radius 2 is 1.87 bits per heavy atom. The van der Waals surface area contributed by atoms with Gasteiger partial charge in [0.1, 0.15) is 0 Å². The number of aryl methyl sites for hydroxylation is 1. The van der Waals surface area contributed by atoms with Crippen molar-refractivity contribution in [3.63, 3.8) is 0 Å². The zero-order valence-corrected chi connectivity index (χ0v) is 8.83. The van der Waals surface area contributed by atoms with Crippen molar-refractivity contribution in [1.29, 1.82) is 0 Å². The Balaban J connectivity index is 2.59. The molecule has 0 amide bonds. The van der Waals surface area contributed by atoms with Crippen molar-refractivity contribution in [1.82, 2.24) is 4.98 Å². The molecule has 0 atom stereocenters. The Morgan fingerprint density at radius 1 is 1.07 bits per heavy atom. The number of benzene rings is 1. The standard InChI is InChI=1S/C14H13N/c1-10-11-6-2-4-8-13(11)15-14-9-5-3-7-12(10)14/h2,4,6-9H,3,5H2,1H3. The van der Waals surface area contributed by atoms with E-state index in [4.69, 9.17) is 0 Å². The van der Waals surface area contributed by atoms with Crippen LogP contribution in [0.3, 0.4) is 0 Å². The van der Waals surface area contributed by atoms with Crippen molar-refractivity contribution in [2.75, 3.05) is 0 Å². The lowest BCUT2D eigenvalue weighted by atomic mass is 10.0. The zero-order chi connectivity index (χ0) is 10.3. The molecular formula is C14H13N. The second kappa shape index (κ2) is 3.20. The van der Waals surface area contributed by atoms with E-state index in [2.05, 4.69) is 42.3 Å². The average Bonchev–Trinajstić information content (AvgIpc) is 2.30. The van der Waals surface area contributed by atoms with Gasteiger partial charge in [-0.05, 0) is 36.6 Å². The molecule has 0 saturated carbocycles. The van der Waals surface area contributed by atoms with Crippen LogP contribution in [-0.2, 0) is 0 Å². The number of rotatable bonds is 0. The Labute approximate surface area is 88.8 Å². The fourth-order valence-electron chi connectivity index (χ4n) is 2.28. The van der Waals surface area contributed by atoms with Crippen molar-refractivity contribution in [3.05, 3.63) is 40.4 Å². The van der Waals surface area contributed by atoms with Crippen LogP contribution in [0, 0.1) is 6.92 Å². The third kappa shape index (κ3) is 1.27. The normalized spacial score (nSPS) is 14.2. The Bertz CT molecular complexity index is 638. The number of fused-ring (bicyclic) bond motifs is 2. The summed E-state index contributed by atoms with van der Waals surface area (Å²) in [4.78, 5) is 4.69. The average molecular weight is 195 g/mol. The minimum absolute atomic E-state index is 1.11. The van der Waals surface area contributed by atoms with Crippen LogP contribution >= 0.6 is 0 Å².